The van der Waals surface area contributed by atoms with Crippen LogP contribution in [0, 0.1) is 6.92 Å². The van der Waals surface area contributed by atoms with Crippen LogP contribution in [0.4, 0.5) is 0 Å². The Labute approximate surface area is 76.6 Å². The highest BCUT2D eigenvalue weighted by atomic mass is 16.3. The molecular formula is C10H12O3. The van der Waals surface area contributed by atoms with Gasteiger partial charge in [-0.15, -0.1) is 0 Å². The van der Waals surface area contributed by atoms with Crippen LogP contribution in [0.25, 0.3) is 0 Å². The number of phenolic OH excluding ortho intramolecular Hbond substituents is 1. The molecule has 0 aliphatic heterocycles. The van der Waals surface area contributed by atoms with Crippen LogP contribution in [0.15, 0.2) is 18.2 Å². The monoisotopic (exact) mass is 180 g/mol. The molecule has 1 aromatic rings. The SMILES string of the molecule is Cc1ccc(O)cc1C(=O)[C@H](C)O. The normalized spacial score (nSPS) is 12.5. The number of aliphatic hydroxyl groups excluding tert-OH is 1. The summed E-state index contributed by atoms with van der Waals surface area (Å²) in [4.78, 5) is 11.4. The lowest BCUT2D eigenvalue weighted by atomic mass is 10.0. The van der Waals surface area contributed by atoms with Crippen molar-refractivity contribution in [3.63, 3.8) is 0 Å². The fourth-order valence-electron chi connectivity index (χ4n) is 1.10. The summed E-state index contributed by atoms with van der Waals surface area (Å²) in [5.41, 5.74) is 1.12. The molecule has 0 aliphatic carbocycles. The van der Waals surface area contributed by atoms with Gasteiger partial charge in [0.2, 0.25) is 0 Å². The highest BCUT2D eigenvalue weighted by Crippen LogP contribution is 2.17. The van der Waals surface area contributed by atoms with Crippen molar-refractivity contribution >= 4 is 5.78 Å². The summed E-state index contributed by atoms with van der Waals surface area (Å²) < 4.78 is 0. The third kappa shape index (κ3) is 2.06. The van der Waals surface area contributed by atoms with E-state index in [2.05, 4.69) is 0 Å². The molecule has 3 heteroatoms. The number of hydrogen-bond acceptors (Lipinski definition) is 3. The van der Waals surface area contributed by atoms with Crippen molar-refractivity contribution in [2.45, 2.75) is 20.0 Å². The molecule has 3 nitrogen and oxygen atoms in total. The maximum absolute atomic E-state index is 11.4. The van der Waals surface area contributed by atoms with Crippen molar-refractivity contribution in [1.82, 2.24) is 0 Å². The molecule has 70 valence electrons. The summed E-state index contributed by atoms with van der Waals surface area (Å²) in [7, 11) is 0. The quantitative estimate of drug-likeness (QED) is 0.674. The predicted molar refractivity (Wildman–Crippen MR) is 48.9 cm³/mol. The van der Waals surface area contributed by atoms with Gasteiger partial charge in [-0.25, -0.2) is 0 Å². The van der Waals surface area contributed by atoms with Gasteiger partial charge in [-0.1, -0.05) is 6.07 Å². The number of aryl methyl sites for hydroxylation is 1. The molecule has 0 bridgehead atoms. The molecule has 0 saturated carbocycles. The number of ketones is 1. The minimum absolute atomic E-state index is 0.0367. The van der Waals surface area contributed by atoms with E-state index in [1.165, 1.54) is 19.1 Å². The maximum atomic E-state index is 11.4. The summed E-state index contributed by atoms with van der Waals surface area (Å²) in [6.45, 7) is 3.17. The third-order valence-corrected chi connectivity index (χ3v) is 1.87. The van der Waals surface area contributed by atoms with Gasteiger partial charge in [0, 0.05) is 5.56 Å². The Balaban J connectivity index is 3.13. The molecule has 1 rings (SSSR count). The van der Waals surface area contributed by atoms with Crippen LogP contribution < -0.4 is 0 Å². The van der Waals surface area contributed by atoms with E-state index in [-0.39, 0.29) is 11.5 Å². The molecule has 0 unspecified atom stereocenters. The second-order valence-corrected chi connectivity index (χ2v) is 3.04. The molecule has 13 heavy (non-hydrogen) atoms. The van der Waals surface area contributed by atoms with Gasteiger partial charge in [0.05, 0.1) is 0 Å². The minimum Gasteiger partial charge on any atom is -0.508 e. The van der Waals surface area contributed by atoms with Gasteiger partial charge >= 0.3 is 0 Å². The third-order valence-electron chi connectivity index (χ3n) is 1.87. The number of rotatable bonds is 2. The van der Waals surface area contributed by atoms with E-state index in [0.29, 0.717) is 5.56 Å². The van der Waals surface area contributed by atoms with Gasteiger partial charge in [-0.2, -0.15) is 0 Å². The maximum Gasteiger partial charge on any atom is 0.191 e. The molecule has 0 amide bonds. The molecule has 0 saturated heterocycles. The van der Waals surface area contributed by atoms with E-state index >= 15 is 0 Å². The zero-order valence-electron chi connectivity index (χ0n) is 7.61. The number of phenols is 1. The smallest absolute Gasteiger partial charge is 0.191 e. The number of carbonyl (C=O) groups excluding carboxylic acids is 1. The Morgan fingerprint density at radius 2 is 2.08 bits per heavy atom. The standard InChI is InChI=1S/C10H12O3/c1-6-3-4-8(12)5-9(6)10(13)7(2)11/h3-5,7,11-12H,1-2H3/t7-/m0/s1. The van der Waals surface area contributed by atoms with Crippen molar-refractivity contribution in [3.8, 4) is 5.75 Å². The van der Waals surface area contributed by atoms with Crippen molar-refractivity contribution < 1.29 is 15.0 Å². The van der Waals surface area contributed by atoms with Crippen LogP contribution >= 0.6 is 0 Å². The van der Waals surface area contributed by atoms with E-state index in [1.807, 2.05) is 0 Å². The molecule has 0 aromatic heterocycles. The van der Waals surface area contributed by atoms with Gasteiger partial charge in [-0.05, 0) is 31.5 Å². The fraction of sp³-hybridized carbons (Fsp3) is 0.300. The molecule has 0 fully saturated rings. The Morgan fingerprint density at radius 3 is 2.62 bits per heavy atom. The Kier molecular flexibility index (Phi) is 2.68. The van der Waals surface area contributed by atoms with Gasteiger partial charge in [0.25, 0.3) is 0 Å². The number of hydrogen-bond donors (Lipinski definition) is 2. The molecule has 0 spiro atoms. The first-order valence-electron chi connectivity index (χ1n) is 4.04. The van der Waals surface area contributed by atoms with Crippen molar-refractivity contribution in [2.24, 2.45) is 0 Å². The fourth-order valence-corrected chi connectivity index (χ4v) is 1.10. The van der Waals surface area contributed by atoms with Gasteiger partial charge in [0.1, 0.15) is 11.9 Å². The minimum atomic E-state index is -1.03. The van der Waals surface area contributed by atoms with Crippen LogP contribution in [0.3, 0.4) is 0 Å². The molecule has 1 aromatic carbocycles. The Bertz CT molecular complexity index is 329. The largest absolute Gasteiger partial charge is 0.508 e. The highest BCUT2D eigenvalue weighted by Gasteiger charge is 2.14. The summed E-state index contributed by atoms with van der Waals surface area (Å²) in [5, 5.41) is 18.2. The van der Waals surface area contributed by atoms with Crippen LogP contribution in [-0.4, -0.2) is 22.1 Å². The van der Waals surface area contributed by atoms with Gasteiger partial charge in [-0.3, -0.25) is 4.79 Å². The Morgan fingerprint density at radius 1 is 1.46 bits per heavy atom. The van der Waals surface area contributed by atoms with Crippen molar-refractivity contribution in [1.29, 1.82) is 0 Å². The van der Waals surface area contributed by atoms with Crippen LogP contribution in [0.1, 0.15) is 22.8 Å². The first-order chi connectivity index (χ1) is 6.02. The van der Waals surface area contributed by atoms with Crippen molar-refractivity contribution in [2.75, 3.05) is 0 Å². The zero-order chi connectivity index (χ0) is 10.0. The van der Waals surface area contributed by atoms with E-state index in [9.17, 15) is 4.79 Å². The average molecular weight is 180 g/mol. The average Bonchev–Trinajstić information content (AvgIpc) is 2.08. The lowest BCUT2D eigenvalue weighted by molar-refractivity contribution is 0.0778. The zero-order valence-corrected chi connectivity index (χ0v) is 7.61. The second-order valence-electron chi connectivity index (χ2n) is 3.04. The van der Waals surface area contributed by atoms with Crippen molar-refractivity contribution in [3.05, 3.63) is 29.3 Å². The molecule has 0 heterocycles. The van der Waals surface area contributed by atoms with E-state index < -0.39 is 6.10 Å². The van der Waals surface area contributed by atoms with Crippen LogP contribution in [-0.2, 0) is 0 Å². The van der Waals surface area contributed by atoms with Gasteiger partial charge < -0.3 is 10.2 Å². The topological polar surface area (TPSA) is 57.5 Å². The molecule has 2 N–H and O–H groups in total. The first-order valence-corrected chi connectivity index (χ1v) is 4.04. The van der Waals surface area contributed by atoms with E-state index in [4.69, 9.17) is 10.2 Å². The van der Waals surface area contributed by atoms with Crippen LogP contribution in [0.5, 0.6) is 5.75 Å². The van der Waals surface area contributed by atoms with Gasteiger partial charge in [0.15, 0.2) is 5.78 Å². The number of carbonyl (C=O) groups is 1. The molecular weight excluding hydrogens is 168 g/mol. The van der Waals surface area contributed by atoms with Crippen LogP contribution in [0.2, 0.25) is 0 Å². The Hall–Kier alpha value is -1.35. The molecule has 0 aliphatic rings. The molecule has 0 radical (unpaired) electrons. The number of aliphatic hydroxyl groups is 1. The highest BCUT2D eigenvalue weighted by molar-refractivity contribution is 6.00. The summed E-state index contributed by atoms with van der Waals surface area (Å²) >= 11 is 0. The summed E-state index contributed by atoms with van der Waals surface area (Å²) in [6.07, 6.45) is -1.03. The number of Topliss-reactive ketones (excluding diaryl/α,β-unsaturated/α-hetero) is 1. The lowest BCUT2D eigenvalue weighted by Crippen LogP contribution is -2.17. The van der Waals surface area contributed by atoms with E-state index in [0.717, 1.165) is 5.56 Å². The predicted octanol–water partition coefficient (Wildman–Crippen LogP) is 1.26. The summed E-state index contributed by atoms with van der Waals surface area (Å²) in [6, 6.07) is 4.52. The molecule has 1 atom stereocenters. The summed E-state index contributed by atoms with van der Waals surface area (Å²) in [5.74, 6) is -0.331. The number of benzene rings is 1. The first kappa shape index (κ1) is 9.74. The van der Waals surface area contributed by atoms with E-state index in [1.54, 1.807) is 13.0 Å². The second kappa shape index (κ2) is 3.58. The lowest BCUT2D eigenvalue weighted by Gasteiger charge is -2.06. The number of aromatic hydroxyl groups is 1.